The first-order chi connectivity index (χ1) is 4.83. The van der Waals surface area contributed by atoms with Gasteiger partial charge in [0.15, 0.2) is 0 Å². The van der Waals surface area contributed by atoms with Crippen molar-refractivity contribution in [2.24, 2.45) is 10.4 Å². The van der Waals surface area contributed by atoms with E-state index < -0.39 is 0 Å². The molecule has 1 heterocycles. The Labute approximate surface area is 60.7 Å². The van der Waals surface area contributed by atoms with Crippen LogP contribution in [0.3, 0.4) is 0 Å². The summed E-state index contributed by atoms with van der Waals surface area (Å²) >= 11 is 0. The summed E-state index contributed by atoms with van der Waals surface area (Å²) in [5, 5.41) is 8.92. The molecule has 0 bridgehead atoms. The van der Waals surface area contributed by atoms with Crippen molar-refractivity contribution in [2.75, 3.05) is 26.9 Å². The van der Waals surface area contributed by atoms with Crippen LogP contribution >= 0.6 is 0 Å². The third-order valence-corrected chi connectivity index (χ3v) is 1.86. The SMILES string of the molecule is CN=CCC1(CO)COC1. The van der Waals surface area contributed by atoms with Crippen molar-refractivity contribution in [2.45, 2.75) is 6.42 Å². The van der Waals surface area contributed by atoms with Gasteiger partial charge in [0.2, 0.25) is 0 Å². The highest BCUT2D eigenvalue weighted by atomic mass is 16.5. The molecule has 58 valence electrons. The van der Waals surface area contributed by atoms with Gasteiger partial charge in [-0.25, -0.2) is 0 Å². The van der Waals surface area contributed by atoms with Crippen LogP contribution in [0.5, 0.6) is 0 Å². The number of ether oxygens (including phenoxy) is 1. The molecule has 0 radical (unpaired) electrons. The Bertz CT molecular complexity index is 124. The second-order valence-corrected chi connectivity index (χ2v) is 2.80. The van der Waals surface area contributed by atoms with Gasteiger partial charge < -0.3 is 14.8 Å². The van der Waals surface area contributed by atoms with E-state index in [9.17, 15) is 0 Å². The van der Waals surface area contributed by atoms with Gasteiger partial charge in [-0.05, 0) is 12.6 Å². The molecule has 1 fully saturated rings. The molecule has 0 amide bonds. The Hall–Kier alpha value is -0.410. The van der Waals surface area contributed by atoms with Crippen LogP contribution in [0.15, 0.2) is 4.99 Å². The first-order valence-corrected chi connectivity index (χ1v) is 3.42. The van der Waals surface area contributed by atoms with Crippen molar-refractivity contribution in [3.8, 4) is 0 Å². The molecule has 0 spiro atoms. The molecule has 0 unspecified atom stereocenters. The summed E-state index contributed by atoms with van der Waals surface area (Å²) in [6.45, 7) is 1.56. The molecule has 3 nitrogen and oxygen atoms in total. The molecule has 3 heteroatoms. The first-order valence-electron chi connectivity index (χ1n) is 3.42. The maximum atomic E-state index is 8.92. The average Bonchev–Trinajstić information content (AvgIpc) is 1.87. The predicted molar refractivity (Wildman–Crippen MR) is 39.4 cm³/mol. The lowest BCUT2D eigenvalue weighted by Crippen LogP contribution is -2.45. The minimum absolute atomic E-state index is 0.000486. The summed E-state index contributed by atoms with van der Waals surface area (Å²) in [5.74, 6) is 0. The molecule has 10 heavy (non-hydrogen) atoms. The number of aliphatic hydroxyl groups excluding tert-OH is 1. The van der Waals surface area contributed by atoms with E-state index in [0.717, 1.165) is 6.42 Å². The van der Waals surface area contributed by atoms with Crippen LogP contribution in [-0.2, 0) is 4.74 Å². The number of nitrogens with zero attached hydrogens (tertiary/aromatic N) is 1. The van der Waals surface area contributed by atoms with E-state index in [-0.39, 0.29) is 12.0 Å². The molecule has 1 saturated heterocycles. The van der Waals surface area contributed by atoms with E-state index in [1.807, 2.05) is 6.21 Å². The van der Waals surface area contributed by atoms with Crippen LogP contribution in [0.2, 0.25) is 0 Å². The predicted octanol–water partition coefficient (Wildman–Crippen LogP) is 0.0860. The quantitative estimate of drug-likeness (QED) is 0.569. The van der Waals surface area contributed by atoms with Crippen LogP contribution < -0.4 is 0 Å². The molecule has 1 N–H and O–H groups in total. The third kappa shape index (κ3) is 1.36. The van der Waals surface area contributed by atoms with Gasteiger partial charge in [-0.2, -0.15) is 0 Å². The van der Waals surface area contributed by atoms with Crippen LogP contribution in [-0.4, -0.2) is 38.2 Å². The van der Waals surface area contributed by atoms with Crippen LogP contribution in [0.1, 0.15) is 6.42 Å². The highest BCUT2D eigenvalue weighted by molar-refractivity contribution is 5.58. The Balaban J connectivity index is 2.33. The van der Waals surface area contributed by atoms with Gasteiger partial charge >= 0.3 is 0 Å². The van der Waals surface area contributed by atoms with Crippen LogP contribution in [0.25, 0.3) is 0 Å². The van der Waals surface area contributed by atoms with E-state index >= 15 is 0 Å². The lowest BCUT2D eigenvalue weighted by Gasteiger charge is -2.38. The van der Waals surface area contributed by atoms with E-state index in [4.69, 9.17) is 9.84 Å². The van der Waals surface area contributed by atoms with Crippen LogP contribution in [0, 0.1) is 5.41 Å². The summed E-state index contributed by atoms with van der Waals surface area (Å²) in [4.78, 5) is 3.86. The number of aliphatic hydroxyl groups is 1. The van der Waals surface area contributed by atoms with Crippen molar-refractivity contribution in [1.82, 2.24) is 0 Å². The molecular weight excluding hydrogens is 130 g/mol. The van der Waals surface area contributed by atoms with Gasteiger partial charge in [-0.3, -0.25) is 0 Å². The van der Waals surface area contributed by atoms with E-state index in [1.54, 1.807) is 7.05 Å². The zero-order valence-corrected chi connectivity index (χ0v) is 6.21. The first kappa shape index (κ1) is 7.69. The Kier molecular flexibility index (Phi) is 2.40. The fourth-order valence-electron chi connectivity index (χ4n) is 0.949. The molecule has 1 aliphatic heterocycles. The topological polar surface area (TPSA) is 41.8 Å². The van der Waals surface area contributed by atoms with Gasteiger partial charge in [0.05, 0.1) is 19.8 Å². The highest BCUT2D eigenvalue weighted by Gasteiger charge is 2.36. The highest BCUT2D eigenvalue weighted by Crippen LogP contribution is 2.29. The van der Waals surface area contributed by atoms with Gasteiger partial charge in [-0.15, -0.1) is 0 Å². The number of rotatable bonds is 3. The van der Waals surface area contributed by atoms with Gasteiger partial charge in [0, 0.05) is 12.5 Å². The average molecular weight is 143 g/mol. The third-order valence-electron chi connectivity index (χ3n) is 1.86. The molecular formula is C7H13NO2. The molecule has 0 aromatic carbocycles. The maximum absolute atomic E-state index is 8.92. The molecule has 0 aromatic rings. The van der Waals surface area contributed by atoms with Gasteiger partial charge in [0.25, 0.3) is 0 Å². The summed E-state index contributed by atoms with van der Waals surface area (Å²) in [6.07, 6.45) is 2.67. The smallest absolute Gasteiger partial charge is 0.0570 e. The van der Waals surface area contributed by atoms with Crippen molar-refractivity contribution in [1.29, 1.82) is 0 Å². The second-order valence-electron chi connectivity index (χ2n) is 2.80. The van der Waals surface area contributed by atoms with E-state index in [1.165, 1.54) is 0 Å². The van der Waals surface area contributed by atoms with E-state index in [2.05, 4.69) is 4.99 Å². The normalized spacial score (nSPS) is 23.0. The fourth-order valence-corrected chi connectivity index (χ4v) is 0.949. The monoisotopic (exact) mass is 143 g/mol. The molecule has 1 aliphatic rings. The zero-order valence-electron chi connectivity index (χ0n) is 6.21. The molecule has 0 aliphatic carbocycles. The lowest BCUT2D eigenvalue weighted by atomic mass is 9.84. The van der Waals surface area contributed by atoms with Gasteiger partial charge in [0.1, 0.15) is 0 Å². The minimum atomic E-state index is -0.000486. The largest absolute Gasteiger partial charge is 0.396 e. The van der Waals surface area contributed by atoms with Crippen LogP contribution in [0.4, 0.5) is 0 Å². The van der Waals surface area contributed by atoms with Crippen molar-refractivity contribution < 1.29 is 9.84 Å². The zero-order chi connectivity index (χ0) is 7.45. The summed E-state index contributed by atoms with van der Waals surface area (Å²) < 4.78 is 5.00. The van der Waals surface area contributed by atoms with Crippen molar-refractivity contribution in [3.63, 3.8) is 0 Å². The Morgan fingerprint density at radius 3 is 2.70 bits per heavy atom. The molecule has 0 saturated carbocycles. The number of hydrogen-bond donors (Lipinski definition) is 1. The summed E-state index contributed by atoms with van der Waals surface area (Å²) in [5.41, 5.74) is -0.000486. The maximum Gasteiger partial charge on any atom is 0.0570 e. The Morgan fingerprint density at radius 1 is 1.70 bits per heavy atom. The van der Waals surface area contributed by atoms with Crippen molar-refractivity contribution >= 4 is 6.21 Å². The van der Waals surface area contributed by atoms with Crippen molar-refractivity contribution in [3.05, 3.63) is 0 Å². The lowest BCUT2D eigenvalue weighted by molar-refractivity contribution is -0.131. The minimum Gasteiger partial charge on any atom is -0.396 e. The summed E-state index contributed by atoms with van der Waals surface area (Å²) in [6, 6.07) is 0. The molecule has 1 rings (SSSR count). The standard InChI is InChI=1S/C7H13NO2/c1-8-3-2-7(4-9)5-10-6-7/h3,9H,2,4-6H2,1H3. The van der Waals surface area contributed by atoms with E-state index in [0.29, 0.717) is 13.2 Å². The number of aliphatic imine (C=N–C) groups is 1. The fraction of sp³-hybridized carbons (Fsp3) is 0.857. The van der Waals surface area contributed by atoms with Gasteiger partial charge in [-0.1, -0.05) is 0 Å². The number of hydrogen-bond acceptors (Lipinski definition) is 3. The Morgan fingerprint density at radius 2 is 2.40 bits per heavy atom. The molecule has 0 aromatic heterocycles. The summed E-state index contributed by atoms with van der Waals surface area (Å²) in [7, 11) is 1.74. The second kappa shape index (κ2) is 3.12. The molecule has 0 atom stereocenters.